The third-order valence-electron chi connectivity index (χ3n) is 4.52. The second kappa shape index (κ2) is 9.98. The van der Waals surface area contributed by atoms with Crippen molar-refractivity contribution in [3.63, 3.8) is 0 Å². The van der Waals surface area contributed by atoms with E-state index in [-0.39, 0.29) is 17.5 Å². The van der Waals surface area contributed by atoms with Gasteiger partial charge in [-0.1, -0.05) is 23.2 Å². The number of ether oxygens (including phenoxy) is 2. The lowest BCUT2D eigenvalue weighted by Gasteiger charge is -2.16. The van der Waals surface area contributed by atoms with Gasteiger partial charge in [-0.2, -0.15) is 0 Å². The molecule has 1 amide bonds. The van der Waals surface area contributed by atoms with Crippen molar-refractivity contribution in [1.29, 1.82) is 0 Å². The summed E-state index contributed by atoms with van der Waals surface area (Å²) in [5.41, 5.74) is 0.440. The largest absolute Gasteiger partial charge is 0.479 e. The summed E-state index contributed by atoms with van der Waals surface area (Å²) in [6, 6.07) is 10.6. The number of rotatable bonds is 8. The SMILES string of the molecule is CC(Oc1ccc(Cl)cc1Cl)C(=O)Nc1ccc(S(=O)(=O)NCC2CCCO2)cc1. The molecule has 2 atom stereocenters. The molecule has 1 saturated heterocycles. The Kier molecular flexibility index (Phi) is 7.60. The van der Waals surface area contributed by atoms with E-state index >= 15 is 0 Å². The van der Waals surface area contributed by atoms with Crippen LogP contribution in [0.1, 0.15) is 19.8 Å². The molecular formula is C20H22Cl2N2O5S. The van der Waals surface area contributed by atoms with Crippen molar-refractivity contribution < 1.29 is 22.7 Å². The van der Waals surface area contributed by atoms with Gasteiger partial charge in [0.15, 0.2) is 6.10 Å². The van der Waals surface area contributed by atoms with Crippen LogP contribution in [0.5, 0.6) is 5.75 Å². The first kappa shape index (κ1) is 22.8. The minimum absolute atomic E-state index is 0.0889. The number of sulfonamides is 1. The van der Waals surface area contributed by atoms with Gasteiger partial charge in [-0.15, -0.1) is 0 Å². The lowest BCUT2D eigenvalue weighted by Crippen LogP contribution is -2.32. The Morgan fingerprint density at radius 3 is 2.60 bits per heavy atom. The van der Waals surface area contributed by atoms with Gasteiger partial charge >= 0.3 is 0 Å². The van der Waals surface area contributed by atoms with Crippen LogP contribution in [-0.4, -0.2) is 39.7 Å². The van der Waals surface area contributed by atoms with E-state index in [0.29, 0.717) is 28.1 Å². The highest BCUT2D eigenvalue weighted by atomic mass is 35.5. The van der Waals surface area contributed by atoms with Gasteiger partial charge in [0.2, 0.25) is 10.0 Å². The highest BCUT2D eigenvalue weighted by molar-refractivity contribution is 7.89. The maximum atomic E-state index is 12.4. The quantitative estimate of drug-likeness (QED) is 0.608. The Morgan fingerprint density at radius 2 is 1.97 bits per heavy atom. The van der Waals surface area contributed by atoms with Gasteiger partial charge in [-0.05, 0) is 62.2 Å². The number of nitrogens with one attached hydrogen (secondary N) is 2. The van der Waals surface area contributed by atoms with Crippen LogP contribution in [0, 0.1) is 0 Å². The molecular weight excluding hydrogens is 451 g/mol. The van der Waals surface area contributed by atoms with E-state index in [2.05, 4.69) is 10.0 Å². The van der Waals surface area contributed by atoms with Crippen molar-refractivity contribution in [2.24, 2.45) is 0 Å². The van der Waals surface area contributed by atoms with Crippen molar-refractivity contribution in [2.45, 2.75) is 36.9 Å². The minimum Gasteiger partial charge on any atom is -0.479 e. The molecule has 1 aliphatic heterocycles. The van der Waals surface area contributed by atoms with E-state index in [1.165, 1.54) is 30.3 Å². The number of amides is 1. The summed E-state index contributed by atoms with van der Waals surface area (Å²) in [6.45, 7) is 2.48. The van der Waals surface area contributed by atoms with Gasteiger partial charge in [0, 0.05) is 23.9 Å². The average molecular weight is 473 g/mol. The fourth-order valence-electron chi connectivity index (χ4n) is 2.87. The first-order valence-electron chi connectivity index (χ1n) is 9.38. The Hall–Kier alpha value is -1.84. The van der Waals surface area contributed by atoms with Gasteiger partial charge in [-0.3, -0.25) is 4.79 Å². The van der Waals surface area contributed by atoms with Crippen LogP contribution < -0.4 is 14.8 Å². The number of carbonyl (C=O) groups excluding carboxylic acids is 1. The third-order valence-corrected chi connectivity index (χ3v) is 6.49. The van der Waals surface area contributed by atoms with E-state index in [1.807, 2.05) is 0 Å². The molecule has 2 unspecified atom stereocenters. The Bertz CT molecular complexity index is 993. The molecule has 0 saturated carbocycles. The van der Waals surface area contributed by atoms with E-state index in [9.17, 15) is 13.2 Å². The summed E-state index contributed by atoms with van der Waals surface area (Å²) in [5, 5.41) is 3.44. The topological polar surface area (TPSA) is 93.7 Å². The lowest BCUT2D eigenvalue weighted by atomic mass is 10.2. The maximum absolute atomic E-state index is 12.4. The molecule has 0 aliphatic carbocycles. The second-order valence-corrected chi connectivity index (χ2v) is 9.45. The maximum Gasteiger partial charge on any atom is 0.265 e. The first-order valence-corrected chi connectivity index (χ1v) is 11.6. The summed E-state index contributed by atoms with van der Waals surface area (Å²) in [7, 11) is -3.65. The van der Waals surface area contributed by atoms with Gasteiger partial charge in [0.05, 0.1) is 16.0 Å². The summed E-state index contributed by atoms with van der Waals surface area (Å²) in [4.78, 5) is 12.5. The second-order valence-electron chi connectivity index (χ2n) is 6.84. The summed E-state index contributed by atoms with van der Waals surface area (Å²) >= 11 is 11.9. The zero-order valence-electron chi connectivity index (χ0n) is 16.2. The van der Waals surface area contributed by atoms with Crippen molar-refractivity contribution in [3.05, 3.63) is 52.5 Å². The van der Waals surface area contributed by atoms with E-state index in [4.69, 9.17) is 32.7 Å². The molecule has 10 heteroatoms. The predicted molar refractivity (Wildman–Crippen MR) is 116 cm³/mol. The van der Waals surface area contributed by atoms with E-state index < -0.39 is 22.0 Å². The number of halogens is 2. The third kappa shape index (κ3) is 6.09. The molecule has 0 spiro atoms. The monoisotopic (exact) mass is 472 g/mol. The van der Waals surface area contributed by atoms with Crippen molar-refractivity contribution in [3.8, 4) is 5.75 Å². The van der Waals surface area contributed by atoms with Crippen LogP contribution in [0.15, 0.2) is 47.4 Å². The highest BCUT2D eigenvalue weighted by Crippen LogP contribution is 2.28. The van der Waals surface area contributed by atoms with E-state index in [0.717, 1.165) is 12.8 Å². The molecule has 2 N–H and O–H groups in total. The molecule has 0 radical (unpaired) electrons. The van der Waals surface area contributed by atoms with Gasteiger partial charge in [-0.25, -0.2) is 13.1 Å². The molecule has 3 rings (SSSR count). The molecule has 162 valence electrons. The molecule has 2 aromatic rings. The van der Waals surface area contributed by atoms with E-state index in [1.54, 1.807) is 19.1 Å². The Balaban J connectivity index is 1.56. The normalized spacial score (nSPS) is 17.5. The van der Waals surface area contributed by atoms with Gasteiger partial charge in [0.25, 0.3) is 5.91 Å². The molecule has 30 heavy (non-hydrogen) atoms. The zero-order valence-corrected chi connectivity index (χ0v) is 18.6. The fraction of sp³-hybridized carbons (Fsp3) is 0.350. The molecule has 0 aromatic heterocycles. The van der Waals surface area contributed by atoms with Crippen LogP contribution >= 0.6 is 23.2 Å². The molecule has 1 aliphatic rings. The lowest BCUT2D eigenvalue weighted by molar-refractivity contribution is -0.122. The van der Waals surface area contributed by atoms with Crippen LogP contribution in [0.2, 0.25) is 10.0 Å². The highest BCUT2D eigenvalue weighted by Gasteiger charge is 2.21. The smallest absolute Gasteiger partial charge is 0.265 e. The number of benzene rings is 2. The standard InChI is InChI=1S/C20H22Cl2N2O5S/c1-13(29-19-9-4-14(21)11-18(19)22)20(25)24-15-5-7-17(8-6-15)30(26,27)23-12-16-3-2-10-28-16/h4-9,11,13,16,23H,2-3,10,12H2,1H3,(H,24,25). The summed E-state index contributed by atoms with van der Waals surface area (Å²) in [5.74, 6) is -0.0735. The molecule has 1 fully saturated rings. The molecule has 1 heterocycles. The molecule has 7 nitrogen and oxygen atoms in total. The zero-order chi connectivity index (χ0) is 21.7. The number of hydrogen-bond donors (Lipinski definition) is 2. The van der Waals surface area contributed by atoms with Crippen molar-refractivity contribution in [2.75, 3.05) is 18.5 Å². The summed E-state index contributed by atoms with van der Waals surface area (Å²) in [6.07, 6.45) is 0.858. The van der Waals surface area contributed by atoms with Crippen molar-refractivity contribution >= 4 is 44.8 Å². The first-order chi connectivity index (χ1) is 14.2. The number of carbonyl (C=O) groups is 1. The number of anilines is 1. The average Bonchev–Trinajstić information content (AvgIpc) is 3.23. The Morgan fingerprint density at radius 1 is 1.23 bits per heavy atom. The van der Waals surface area contributed by atoms with Crippen LogP contribution in [-0.2, 0) is 19.6 Å². The number of hydrogen-bond acceptors (Lipinski definition) is 5. The molecule has 0 bridgehead atoms. The summed E-state index contributed by atoms with van der Waals surface area (Å²) < 4.78 is 38.3. The van der Waals surface area contributed by atoms with Crippen LogP contribution in [0.4, 0.5) is 5.69 Å². The van der Waals surface area contributed by atoms with Gasteiger partial charge in [0.1, 0.15) is 5.75 Å². The van der Waals surface area contributed by atoms with Crippen molar-refractivity contribution in [1.82, 2.24) is 4.72 Å². The fourth-order valence-corrected chi connectivity index (χ4v) is 4.39. The molecule has 2 aromatic carbocycles. The van der Waals surface area contributed by atoms with Gasteiger partial charge < -0.3 is 14.8 Å². The van der Waals surface area contributed by atoms with Crippen LogP contribution in [0.25, 0.3) is 0 Å². The van der Waals surface area contributed by atoms with Crippen LogP contribution in [0.3, 0.4) is 0 Å². The predicted octanol–water partition coefficient (Wildman–Crippen LogP) is 3.86. The Labute approximate surface area is 185 Å². The minimum atomic E-state index is -3.65.